The predicted molar refractivity (Wildman–Crippen MR) is 153 cm³/mol. The number of anilines is 1. The van der Waals surface area contributed by atoms with Crippen molar-refractivity contribution in [1.29, 1.82) is 0 Å². The number of rotatable bonds is 9. The molecule has 10 heteroatoms. The van der Waals surface area contributed by atoms with Crippen LogP contribution in [0.4, 0.5) is 5.69 Å². The molecular weight excluding hydrogens is 508 g/mol. The lowest BCUT2D eigenvalue weighted by molar-refractivity contribution is -0.122. The lowest BCUT2D eigenvalue weighted by Crippen LogP contribution is -2.35. The highest BCUT2D eigenvalue weighted by molar-refractivity contribution is 6.05. The minimum absolute atomic E-state index is 0.0948. The van der Waals surface area contributed by atoms with E-state index >= 15 is 0 Å². The summed E-state index contributed by atoms with van der Waals surface area (Å²) in [4.78, 5) is 38.2. The number of carbonyl (C=O) groups excluding carboxylic acids is 1. The van der Waals surface area contributed by atoms with Crippen molar-refractivity contribution >= 4 is 44.4 Å². The van der Waals surface area contributed by atoms with Crippen LogP contribution in [0.25, 0.3) is 32.8 Å². The molecule has 4 aromatic heterocycles. The smallest absolute Gasteiger partial charge is 0.277 e. The number of nitrogens with zero attached hydrogens (tertiary/aromatic N) is 3. The lowest BCUT2D eigenvalue weighted by atomic mass is 10.0. The third-order valence-corrected chi connectivity index (χ3v) is 6.93. The number of aromatic amines is 1. The van der Waals surface area contributed by atoms with E-state index in [1.165, 1.54) is 17.9 Å². The second-order valence-corrected chi connectivity index (χ2v) is 9.67. The molecule has 6 aromatic rings. The van der Waals surface area contributed by atoms with Gasteiger partial charge in [-0.1, -0.05) is 24.3 Å². The summed E-state index contributed by atoms with van der Waals surface area (Å²) in [5, 5.41) is 9.16. The summed E-state index contributed by atoms with van der Waals surface area (Å²) < 4.78 is 12.5. The van der Waals surface area contributed by atoms with Crippen LogP contribution < -0.4 is 16.2 Å². The summed E-state index contributed by atoms with van der Waals surface area (Å²) in [6.45, 7) is 2.16. The van der Waals surface area contributed by atoms with Crippen LogP contribution >= 0.6 is 0 Å². The summed E-state index contributed by atoms with van der Waals surface area (Å²) in [6.07, 6.45) is 4.96. The fourth-order valence-corrected chi connectivity index (χ4v) is 4.88. The van der Waals surface area contributed by atoms with Crippen molar-refractivity contribution in [3.05, 3.63) is 101 Å². The number of aromatic nitrogens is 4. The normalized spacial score (nSPS) is 12.2. The van der Waals surface area contributed by atoms with E-state index in [9.17, 15) is 9.59 Å². The van der Waals surface area contributed by atoms with Gasteiger partial charge >= 0.3 is 0 Å². The second-order valence-electron chi connectivity index (χ2n) is 9.67. The van der Waals surface area contributed by atoms with Crippen molar-refractivity contribution in [2.24, 2.45) is 0 Å². The molecule has 2 aromatic carbocycles. The van der Waals surface area contributed by atoms with E-state index in [1.54, 1.807) is 12.4 Å². The molecule has 0 aliphatic carbocycles. The van der Waals surface area contributed by atoms with Crippen LogP contribution in [0.3, 0.4) is 0 Å². The lowest BCUT2D eigenvalue weighted by Gasteiger charge is -2.18. The Morgan fingerprint density at radius 1 is 1.10 bits per heavy atom. The van der Waals surface area contributed by atoms with Gasteiger partial charge in [-0.2, -0.15) is 0 Å². The van der Waals surface area contributed by atoms with Crippen LogP contribution in [0.1, 0.15) is 30.0 Å². The number of carbonyl (C=O) groups is 1. The van der Waals surface area contributed by atoms with Crippen LogP contribution in [0.15, 0.2) is 82.4 Å². The molecule has 1 amide bonds. The first-order valence-corrected chi connectivity index (χ1v) is 12.9. The van der Waals surface area contributed by atoms with Crippen LogP contribution in [-0.2, 0) is 29.2 Å². The number of nitrogens with one attached hydrogen (secondary N) is 3. The van der Waals surface area contributed by atoms with Gasteiger partial charge in [0, 0.05) is 52.9 Å². The standard InChI is InChI=1S/C30H28N6O4/c1-18(19-7-8-27-23(12-19)22-5-3-4-6-26(22)40-27)34-25-15-32-28(17-39-2)36(30(25)38)16-29(37)33-14-21-11-20-13-31-10-9-24(20)35-21/h3-13,15,18,34-35H,14,16-17H2,1-2H3,(H,33,37)/t18-/m1/s1. The molecule has 3 N–H and O–H groups in total. The number of fused-ring (bicyclic) bond motifs is 4. The number of furan rings is 1. The van der Waals surface area contributed by atoms with Crippen molar-refractivity contribution < 1.29 is 13.9 Å². The molecule has 0 radical (unpaired) electrons. The van der Waals surface area contributed by atoms with Gasteiger partial charge in [-0.3, -0.25) is 19.1 Å². The number of methoxy groups -OCH3 is 1. The first-order chi connectivity index (χ1) is 19.5. The molecule has 0 unspecified atom stereocenters. The number of ether oxygens (including phenoxy) is 1. The SMILES string of the molecule is COCc1ncc(N[C@H](C)c2ccc3oc4ccccc4c3c2)c(=O)n1CC(=O)NCc1cc2cnccc2[nH]1. The van der Waals surface area contributed by atoms with Crippen molar-refractivity contribution in [3.63, 3.8) is 0 Å². The highest BCUT2D eigenvalue weighted by Gasteiger charge is 2.17. The average Bonchev–Trinajstić information content (AvgIpc) is 3.56. The number of hydrogen-bond donors (Lipinski definition) is 3. The zero-order valence-corrected chi connectivity index (χ0v) is 22.1. The Balaban J connectivity index is 1.21. The minimum Gasteiger partial charge on any atom is -0.456 e. The van der Waals surface area contributed by atoms with Crippen LogP contribution in [-0.4, -0.2) is 32.5 Å². The molecule has 0 saturated carbocycles. The number of amides is 1. The molecule has 0 aliphatic rings. The molecule has 10 nitrogen and oxygen atoms in total. The maximum atomic E-state index is 13.5. The van der Waals surface area contributed by atoms with E-state index in [1.807, 2.05) is 55.5 Å². The number of hydrogen-bond acceptors (Lipinski definition) is 7. The molecular formula is C30H28N6O4. The van der Waals surface area contributed by atoms with Crippen molar-refractivity contribution in [3.8, 4) is 0 Å². The van der Waals surface area contributed by atoms with Gasteiger partial charge in [-0.05, 0) is 42.8 Å². The van der Waals surface area contributed by atoms with Gasteiger partial charge in [0.1, 0.15) is 35.8 Å². The molecule has 6 rings (SSSR count). The van der Waals surface area contributed by atoms with Crippen LogP contribution in [0.5, 0.6) is 0 Å². The Kier molecular flexibility index (Phi) is 6.75. The van der Waals surface area contributed by atoms with Gasteiger partial charge in [0.05, 0.1) is 12.7 Å². The Morgan fingerprint density at radius 2 is 1.95 bits per heavy atom. The molecule has 202 valence electrons. The van der Waals surface area contributed by atoms with Crippen LogP contribution in [0, 0.1) is 0 Å². The Bertz CT molecular complexity index is 1870. The Labute approximate surface area is 229 Å². The average molecular weight is 537 g/mol. The molecule has 0 saturated heterocycles. The fourth-order valence-electron chi connectivity index (χ4n) is 4.88. The summed E-state index contributed by atoms with van der Waals surface area (Å²) in [5.41, 5.74) is 4.34. The van der Waals surface area contributed by atoms with Gasteiger partial charge < -0.3 is 24.8 Å². The summed E-state index contributed by atoms with van der Waals surface area (Å²) in [7, 11) is 1.52. The molecule has 0 fully saturated rings. The number of pyridine rings is 1. The second kappa shape index (κ2) is 10.7. The first kappa shape index (κ1) is 25.3. The molecule has 0 spiro atoms. The summed E-state index contributed by atoms with van der Waals surface area (Å²) in [6, 6.07) is 17.5. The van der Waals surface area contributed by atoms with E-state index in [0.717, 1.165) is 44.1 Å². The van der Waals surface area contributed by atoms with Gasteiger partial charge in [0.2, 0.25) is 5.91 Å². The fraction of sp³-hybridized carbons (Fsp3) is 0.200. The van der Waals surface area contributed by atoms with E-state index in [0.29, 0.717) is 11.5 Å². The third kappa shape index (κ3) is 4.92. The third-order valence-electron chi connectivity index (χ3n) is 6.93. The molecule has 4 heterocycles. The van der Waals surface area contributed by atoms with Crippen molar-refractivity contribution in [2.75, 3.05) is 12.4 Å². The van der Waals surface area contributed by atoms with Crippen LogP contribution in [0.2, 0.25) is 0 Å². The molecule has 0 aliphatic heterocycles. The van der Waals surface area contributed by atoms with E-state index < -0.39 is 0 Å². The van der Waals surface area contributed by atoms with E-state index in [4.69, 9.17) is 9.15 Å². The minimum atomic E-state index is -0.351. The summed E-state index contributed by atoms with van der Waals surface area (Å²) >= 11 is 0. The predicted octanol–water partition coefficient (Wildman–Crippen LogP) is 4.65. The maximum absolute atomic E-state index is 13.5. The molecule has 0 bridgehead atoms. The highest BCUT2D eigenvalue weighted by Crippen LogP contribution is 2.31. The Morgan fingerprint density at radius 3 is 2.80 bits per heavy atom. The van der Waals surface area contributed by atoms with Gasteiger partial charge in [-0.15, -0.1) is 0 Å². The zero-order chi connectivity index (χ0) is 27.6. The number of benzene rings is 2. The van der Waals surface area contributed by atoms with Gasteiger partial charge in [0.25, 0.3) is 5.56 Å². The molecule has 40 heavy (non-hydrogen) atoms. The van der Waals surface area contributed by atoms with Crippen molar-refractivity contribution in [2.45, 2.75) is 32.7 Å². The topological polar surface area (TPSA) is 127 Å². The van der Waals surface area contributed by atoms with Gasteiger partial charge in [-0.25, -0.2) is 4.98 Å². The van der Waals surface area contributed by atoms with E-state index in [2.05, 4.69) is 31.7 Å². The largest absolute Gasteiger partial charge is 0.456 e. The maximum Gasteiger partial charge on any atom is 0.277 e. The number of para-hydroxylation sites is 1. The number of H-pyrrole nitrogens is 1. The highest BCUT2D eigenvalue weighted by atomic mass is 16.5. The summed E-state index contributed by atoms with van der Waals surface area (Å²) in [5.74, 6) is 0.0457. The first-order valence-electron chi connectivity index (χ1n) is 12.9. The quantitative estimate of drug-likeness (QED) is 0.245. The van der Waals surface area contributed by atoms with E-state index in [-0.39, 0.29) is 37.2 Å². The monoisotopic (exact) mass is 536 g/mol. The Hall–Kier alpha value is -4.96. The molecule has 1 atom stereocenters. The van der Waals surface area contributed by atoms with Gasteiger partial charge in [0.15, 0.2) is 0 Å². The zero-order valence-electron chi connectivity index (χ0n) is 22.1. The van der Waals surface area contributed by atoms with Crippen molar-refractivity contribution in [1.82, 2.24) is 24.8 Å².